The van der Waals surface area contributed by atoms with Gasteiger partial charge in [-0.1, -0.05) is 6.92 Å². The quantitative estimate of drug-likeness (QED) is 0.758. The number of anilines is 1. The molecule has 2 aromatic rings. The van der Waals surface area contributed by atoms with E-state index in [9.17, 15) is 9.90 Å². The van der Waals surface area contributed by atoms with E-state index in [4.69, 9.17) is 10.00 Å². The Balaban J connectivity index is 2.40. The second-order valence-corrected chi connectivity index (χ2v) is 6.01. The summed E-state index contributed by atoms with van der Waals surface area (Å²) in [5, 5.41) is 22.0. The first-order valence-corrected chi connectivity index (χ1v) is 8.15. The number of hydrogen-bond donors (Lipinski definition) is 2. The Morgan fingerprint density at radius 2 is 2.04 bits per heavy atom. The molecule has 24 heavy (non-hydrogen) atoms. The number of esters is 1. The molecule has 0 saturated heterocycles. The molecule has 124 valence electrons. The van der Waals surface area contributed by atoms with Crippen molar-refractivity contribution in [2.45, 2.75) is 19.4 Å². The number of nitrogens with one attached hydrogen (secondary N) is 1. The fraction of sp³-hybridized carbons (Fsp3) is 0.222. The summed E-state index contributed by atoms with van der Waals surface area (Å²) in [7, 11) is 1.33. The van der Waals surface area contributed by atoms with Gasteiger partial charge in [-0.25, -0.2) is 4.79 Å². The molecule has 0 heterocycles. The smallest absolute Gasteiger partial charge is 0.332 e. The number of methoxy groups -OCH3 is 1. The van der Waals surface area contributed by atoms with Crippen LogP contribution in [-0.4, -0.2) is 18.2 Å². The van der Waals surface area contributed by atoms with E-state index < -0.39 is 12.0 Å². The number of phenolic OH excluding ortho intramolecular Hbond substituents is 1. The molecular weight excluding hydrogens is 372 g/mol. The van der Waals surface area contributed by atoms with Crippen molar-refractivity contribution in [2.75, 3.05) is 12.4 Å². The number of ether oxygens (including phenoxy) is 1. The van der Waals surface area contributed by atoms with Crippen molar-refractivity contribution in [3.05, 3.63) is 57.6 Å². The van der Waals surface area contributed by atoms with Crippen molar-refractivity contribution in [1.29, 1.82) is 5.26 Å². The van der Waals surface area contributed by atoms with Gasteiger partial charge in [0.2, 0.25) is 0 Å². The zero-order valence-corrected chi connectivity index (χ0v) is 14.9. The Morgan fingerprint density at radius 3 is 2.58 bits per heavy atom. The van der Waals surface area contributed by atoms with Crippen LogP contribution in [0.5, 0.6) is 5.75 Å². The largest absolute Gasteiger partial charge is 0.506 e. The number of carbonyl (C=O) groups is 1. The zero-order valence-electron chi connectivity index (χ0n) is 13.3. The molecule has 1 unspecified atom stereocenters. The summed E-state index contributed by atoms with van der Waals surface area (Å²) in [5.41, 5.74) is 2.63. The molecule has 0 aromatic heterocycles. The van der Waals surface area contributed by atoms with Crippen LogP contribution in [0.4, 0.5) is 5.69 Å². The number of hydrogen-bond acceptors (Lipinski definition) is 5. The predicted molar refractivity (Wildman–Crippen MR) is 94.7 cm³/mol. The summed E-state index contributed by atoms with van der Waals surface area (Å²) >= 11 is 3.32. The molecular formula is C18H17BrN2O3. The molecule has 0 aliphatic rings. The van der Waals surface area contributed by atoms with Crippen LogP contribution in [0, 0.1) is 11.3 Å². The highest BCUT2D eigenvalue weighted by Gasteiger charge is 2.23. The minimum absolute atomic E-state index is 0.170. The first-order valence-electron chi connectivity index (χ1n) is 7.36. The third kappa shape index (κ3) is 3.87. The van der Waals surface area contributed by atoms with Gasteiger partial charge < -0.3 is 15.2 Å². The number of halogens is 1. The number of nitrogens with zero attached hydrogens (tertiary/aromatic N) is 1. The Labute approximate surface area is 149 Å². The Bertz CT molecular complexity index is 782. The third-order valence-electron chi connectivity index (χ3n) is 3.64. The van der Waals surface area contributed by atoms with Gasteiger partial charge in [-0.3, -0.25) is 0 Å². The monoisotopic (exact) mass is 388 g/mol. The van der Waals surface area contributed by atoms with Crippen LogP contribution in [-0.2, 0) is 16.0 Å². The van der Waals surface area contributed by atoms with Crippen LogP contribution in [0.2, 0.25) is 0 Å². The maximum atomic E-state index is 12.2. The summed E-state index contributed by atoms with van der Waals surface area (Å²) in [6.45, 7) is 1.92. The minimum atomic E-state index is -0.731. The standard InChI is InChI=1S/C18H17BrN2O3/c1-3-12-8-13(9-15(19)17(12)22)16(18(23)24-2)21-14-6-4-11(10-20)5-7-14/h4-9,16,21-22H,3H2,1-2H3. The maximum absolute atomic E-state index is 12.2. The van der Waals surface area contributed by atoms with Gasteiger partial charge in [0.05, 0.1) is 23.2 Å². The minimum Gasteiger partial charge on any atom is -0.506 e. The molecule has 0 saturated carbocycles. The van der Waals surface area contributed by atoms with Crippen LogP contribution >= 0.6 is 15.9 Å². The number of benzene rings is 2. The molecule has 1 atom stereocenters. The van der Waals surface area contributed by atoms with E-state index in [1.165, 1.54) is 7.11 Å². The van der Waals surface area contributed by atoms with Crippen LogP contribution in [0.1, 0.15) is 29.7 Å². The van der Waals surface area contributed by atoms with Gasteiger partial charge in [-0.05, 0) is 69.9 Å². The molecule has 0 aliphatic carbocycles. The fourth-order valence-electron chi connectivity index (χ4n) is 2.32. The average Bonchev–Trinajstić information content (AvgIpc) is 2.61. The SMILES string of the molecule is CCc1cc(C(Nc2ccc(C#N)cc2)C(=O)OC)cc(Br)c1O. The van der Waals surface area contributed by atoms with Gasteiger partial charge in [0.25, 0.3) is 0 Å². The predicted octanol–water partition coefficient (Wildman–Crippen LogP) is 3.91. The van der Waals surface area contributed by atoms with Crippen LogP contribution in [0.25, 0.3) is 0 Å². The van der Waals surface area contributed by atoms with Crippen molar-refractivity contribution < 1.29 is 14.6 Å². The van der Waals surface area contributed by atoms with E-state index >= 15 is 0 Å². The second kappa shape index (κ2) is 7.84. The molecule has 0 spiro atoms. The lowest BCUT2D eigenvalue weighted by atomic mass is 10.0. The Hall–Kier alpha value is -2.52. The first-order chi connectivity index (χ1) is 11.5. The van der Waals surface area contributed by atoms with Crippen molar-refractivity contribution in [2.24, 2.45) is 0 Å². The van der Waals surface area contributed by atoms with Gasteiger partial charge in [-0.2, -0.15) is 5.26 Å². The second-order valence-electron chi connectivity index (χ2n) is 5.15. The van der Waals surface area contributed by atoms with E-state index in [2.05, 4.69) is 21.2 Å². The molecule has 0 radical (unpaired) electrons. The van der Waals surface area contributed by atoms with Crippen molar-refractivity contribution in [3.8, 4) is 11.8 Å². The van der Waals surface area contributed by atoms with Gasteiger partial charge in [-0.15, -0.1) is 0 Å². The lowest BCUT2D eigenvalue weighted by Crippen LogP contribution is -2.22. The van der Waals surface area contributed by atoms with E-state index in [0.29, 0.717) is 27.7 Å². The highest BCUT2D eigenvalue weighted by Crippen LogP contribution is 2.33. The summed E-state index contributed by atoms with van der Waals surface area (Å²) in [6, 6.07) is 11.6. The average molecular weight is 389 g/mol. The number of phenols is 1. The van der Waals surface area contributed by atoms with E-state index in [1.807, 2.05) is 13.0 Å². The first kappa shape index (κ1) is 17.8. The number of carbonyl (C=O) groups excluding carboxylic acids is 1. The summed E-state index contributed by atoms with van der Waals surface area (Å²) in [4.78, 5) is 12.2. The number of rotatable bonds is 5. The summed E-state index contributed by atoms with van der Waals surface area (Å²) in [6.07, 6.45) is 0.628. The van der Waals surface area contributed by atoms with Gasteiger partial charge in [0.1, 0.15) is 5.75 Å². The summed E-state index contributed by atoms with van der Waals surface area (Å²) < 4.78 is 5.42. The molecule has 0 amide bonds. The summed E-state index contributed by atoms with van der Waals surface area (Å²) in [5.74, 6) is -0.276. The number of nitriles is 1. The molecule has 0 aliphatic heterocycles. The van der Waals surface area contributed by atoms with Crippen LogP contribution < -0.4 is 5.32 Å². The van der Waals surface area contributed by atoms with E-state index in [-0.39, 0.29) is 5.75 Å². The fourth-order valence-corrected chi connectivity index (χ4v) is 2.84. The third-order valence-corrected chi connectivity index (χ3v) is 4.25. The van der Waals surface area contributed by atoms with Gasteiger partial charge in [0, 0.05) is 5.69 Å². The maximum Gasteiger partial charge on any atom is 0.332 e. The van der Waals surface area contributed by atoms with Crippen LogP contribution in [0.15, 0.2) is 40.9 Å². The normalized spacial score (nSPS) is 11.4. The Kier molecular flexibility index (Phi) is 5.83. The molecule has 0 fully saturated rings. The van der Waals surface area contributed by atoms with Crippen molar-refractivity contribution in [3.63, 3.8) is 0 Å². The Morgan fingerprint density at radius 1 is 1.38 bits per heavy atom. The van der Waals surface area contributed by atoms with Crippen molar-refractivity contribution in [1.82, 2.24) is 0 Å². The molecule has 5 nitrogen and oxygen atoms in total. The highest BCUT2D eigenvalue weighted by atomic mass is 79.9. The van der Waals surface area contributed by atoms with Crippen LogP contribution in [0.3, 0.4) is 0 Å². The number of aromatic hydroxyl groups is 1. The molecule has 6 heteroatoms. The van der Waals surface area contributed by atoms with Gasteiger partial charge in [0.15, 0.2) is 6.04 Å². The lowest BCUT2D eigenvalue weighted by molar-refractivity contribution is -0.141. The van der Waals surface area contributed by atoms with Crippen molar-refractivity contribution >= 4 is 27.6 Å². The number of aryl methyl sites for hydroxylation is 1. The molecule has 2 aromatic carbocycles. The lowest BCUT2D eigenvalue weighted by Gasteiger charge is -2.20. The topological polar surface area (TPSA) is 82.4 Å². The molecule has 2 N–H and O–H groups in total. The van der Waals surface area contributed by atoms with E-state index in [1.54, 1.807) is 36.4 Å². The zero-order chi connectivity index (χ0) is 17.7. The molecule has 2 rings (SSSR count). The highest BCUT2D eigenvalue weighted by molar-refractivity contribution is 9.10. The van der Waals surface area contributed by atoms with E-state index in [0.717, 1.165) is 5.56 Å². The molecule has 0 bridgehead atoms. The van der Waals surface area contributed by atoms with Gasteiger partial charge >= 0.3 is 5.97 Å².